The summed E-state index contributed by atoms with van der Waals surface area (Å²) in [6.45, 7) is 5.21. The molecule has 1 saturated heterocycles. The van der Waals surface area contributed by atoms with Gasteiger partial charge in [-0.2, -0.15) is 0 Å². The standard InChI is InChI=1S/C23H31NO2/c1-2-15-23(26,20-11-13-21(25)14-12-20)22(19-9-5-3-6-10-19)18-24-16-7-4-8-17-24/h3,5-6,9-14,22,25-26H,2,4,7-8,15-18H2,1H3/t22-,23+/m0/s1. The van der Waals surface area contributed by atoms with Gasteiger partial charge in [-0.15, -0.1) is 0 Å². The third kappa shape index (κ3) is 4.28. The van der Waals surface area contributed by atoms with E-state index in [4.69, 9.17) is 0 Å². The van der Waals surface area contributed by atoms with Crippen molar-refractivity contribution in [2.24, 2.45) is 0 Å². The normalized spacial score (nSPS) is 19.0. The summed E-state index contributed by atoms with van der Waals surface area (Å²) < 4.78 is 0. The number of nitrogens with zero attached hydrogens (tertiary/aromatic N) is 1. The summed E-state index contributed by atoms with van der Waals surface area (Å²) in [6.07, 6.45) is 5.40. The first-order chi connectivity index (χ1) is 12.6. The predicted octanol–water partition coefficient (Wildman–Crippen LogP) is 4.65. The quantitative estimate of drug-likeness (QED) is 0.761. The lowest BCUT2D eigenvalue weighted by Gasteiger charge is -2.41. The summed E-state index contributed by atoms with van der Waals surface area (Å²) in [7, 11) is 0. The van der Waals surface area contributed by atoms with E-state index in [-0.39, 0.29) is 11.7 Å². The van der Waals surface area contributed by atoms with Crippen LogP contribution >= 0.6 is 0 Å². The summed E-state index contributed by atoms with van der Waals surface area (Å²) >= 11 is 0. The van der Waals surface area contributed by atoms with Crippen LogP contribution in [0.3, 0.4) is 0 Å². The van der Waals surface area contributed by atoms with E-state index in [2.05, 4.69) is 36.1 Å². The van der Waals surface area contributed by atoms with Crippen LogP contribution in [0.4, 0.5) is 0 Å². The van der Waals surface area contributed by atoms with Crippen LogP contribution in [0.1, 0.15) is 56.1 Å². The summed E-state index contributed by atoms with van der Waals surface area (Å²) in [4.78, 5) is 2.50. The van der Waals surface area contributed by atoms with Crippen molar-refractivity contribution < 1.29 is 10.2 Å². The molecule has 0 radical (unpaired) electrons. The van der Waals surface area contributed by atoms with E-state index in [0.717, 1.165) is 31.6 Å². The number of aliphatic hydroxyl groups is 1. The zero-order valence-corrected chi connectivity index (χ0v) is 15.8. The highest BCUT2D eigenvalue weighted by molar-refractivity contribution is 5.35. The van der Waals surface area contributed by atoms with Crippen molar-refractivity contribution in [2.75, 3.05) is 19.6 Å². The molecule has 0 unspecified atom stereocenters. The molecule has 26 heavy (non-hydrogen) atoms. The second kappa shape index (κ2) is 8.70. The number of hydrogen-bond donors (Lipinski definition) is 2. The van der Waals surface area contributed by atoms with Crippen molar-refractivity contribution in [1.82, 2.24) is 4.90 Å². The molecule has 1 aliphatic rings. The van der Waals surface area contributed by atoms with E-state index in [9.17, 15) is 10.2 Å². The SMILES string of the molecule is CCC[C@@](O)(c1ccc(O)cc1)[C@@H](CN1CCCCC1)c1ccccc1. The Morgan fingerprint density at radius 1 is 0.962 bits per heavy atom. The minimum absolute atomic E-state index is 0.00583. The first kappa shape index (κ1) is 18.9. The van der Waals surface area contributed by atoms with Crippen LogP contribution in [0, 0.1) is 0 Å². The molecule has 1 fully saturated rings. The maximum Gasteiger partial charge on any atom is 0.115 e. The minimum Gasteiger partial charge on any atom is -0.508 e. The number of aromatic hydroxyl groups is 1. The lowest BCUT2D eigenvalue weighted by molar-refractivity contribution is -0.0152. The first-order valence-electron chi connectivity index (χ1n) is 9.92. The van der Waals surface area contributed by atoms with Gasteiger partial charge < -0.3 is 15.1 Å². The molecule has 0 spiro atoms. The van der Waals surface area contributed by atoms with Gasteiger partial charge in [0.05, 0.1) is 5.60 Å². The second-order valence-corrected chi connectivity index (χ2v) is 7.55. The minimum atomic E-state index is -0.943. The fourth-order valence-electron chi connectivity index (χ4n) is 4.27. The van der Waals surface area contributed by atoms with Gasteiger partial charge in [-0.3, -0.25) is 0 Å². The first-order valence-corrected chi connectivity index (χ1v) is 9.92. The number of benzene rings is 2. The third-order valence-corrected chi connectivity index (χ3v) is 5.67. The zero-order chi connectivity index (χ0) is 18.4. The Kier molecular flexibility index (Phi) is 6.33. The molecule has 1 aliphatic heterocycles. The molecule has 2 aromatic carbocycles. The number of phenolic OH excluding ortho intramolecular Hbond substituents is 1. The number of hydrogen-bond acceptors (Lipinski definition) is 3. The Morgan fingerprint density at radius 3 is 2.23 bits per heavy atom. The molecule has 3 rings (SSSR count). The number of likely N-dealkylation sites (tertiary alicyclic amines) is 1. The van der Waals surface area contributed by atoms with E-state index < -0.39 is 5.60 Å². The molecule has 140 valence electrons. The Morgan fingerprint density at radius 2 is 1.62 bits per heavy atom. The largest absolute Gasteiger partial charge is 0.508 e. The smallest absolute Gasteiger partial charge is 0.115 e. The molecule has 0 bridgehead atoms. The van der Waals surface area contributed by atoms with Gasteiger partial charge in [0.25, 0.3) is 0 Å². The Labute approximate surface area is 157 Å². The number of phenols is 1. The van der Waals surface area contributed by atoms with Crippen LogP contribution in [-0.4, -0.2) is 34.7 Å². The van der Waals surface area contributed by atoms with Gasteiger partial charge >= 0.3 is 0 Å². The number of piperidine rings is 1. The Balaban J connectivity index is 1.99. The van der Waals surface area contributed by atoms with E-state index in [1.54, 1.807) is 12.1 Å². The number of rotatable bonds is 7. The molecule has 0 aliphatic carbocycles. The van der Waals surface area contributed by atoms with Gasteiger partial charge in [0.1, 0.15) is 5.75 Å². The van der Waals surface area contributed by atoms with Crippen molar-refractivity contribution in [3.63, 3.8) is 0 Å². The van der Waals surface area contributed by atoms with Crippen LogP contribution in [0.2, 0.25) is 0 Å². The van der Waals surface area contributed by atoms with Gasteiger partial charge in [0.2, 0.25) is 0 Å². The topological polar surface area (TPSA) is 43.7 Å². The molecule has 0 aromatic heterocycles. The summed E-state index contributed by atoms with van der Waals surface area (Å²) in [5, 5.41) is 21.6. The van der Waals surface area contributed by atoms with E-state index >= 15 is 0 Å². The van der Waals surface area contributed by atoms with E-state index in [1.807, 2.05) is 18.2 Å². The van der Waals surface area contributed by atoms with Crippen LogP contribution in [0.25, 0.3) is 0 Å². The zero-order valence-electron chi connectivity index (χ0n) is 15.8. The molecular formula is C23H31NO2. The molecule has 2 N–H and O–H groups in total. The fraction of sp³-hybridized carbons (Fsp3) is 0.478. The van der Waals surface area contributed by atoms with Crippen LogP contribution in [-0.2, 0) is 5.60 Å². The van der Waals surface area contributed by atoms with Gasteiger partial charge in [0, 0.05) is 12.5 Å². The lowest BCUT2D eigenvalue weighted by Crippen LogP contribution is -2.42. The molecule has 2 atom stereocenters. The molecule has 0 saturated carbocycles. The third-order valence-electron chi connectivity index (χ3n) is 5.67. The van der Waals surface area contributed by atoms with Gasteiger partial charge in [-0.05, 0) is 55.6 Å². The highest BCUT2D eigenvalue weighted by atomic mass is 16.3. The van der Waals surface area contributed by atoms with E-state index in [0.29, 0.717) is 6.42 Å². The molecule has 3 heteroatoms. The summed E-state index contributed by atoms with van der Waals surface area (Å²) in [5.41, 5.74) is 1.13. The Bertz CT molecular complexity index is 664. The highest BCUT2D eigenvalue weighted by Gasteiger charge is 2.39. The van der Waals surface area contributed by atoms with Crippen molar-refractivity contribution in [2.45, 2.75) is 50.5 Å². The lowest BCUT2D eigenvalue weighted by atomic mass is 9.74. The summed E-state index contributed by atoms with van der Waals surface area (Å²) in [5.74, 6) is 0.242. The average molecular weight is 354 g/mol. The van der Waals surface area contributed by atoms with Gasteiger partial charge in [-0.25, -0.2) is 0 Å². The van der Waals surface area contributed by atoms with Crippen LogP contribution < -0.4 is 0 Å². The highest BCUT2D eigenvalue weighted by Crippen LogP contribution is 2.42. The average Bonchev–Trinajstić information content (AvgIpc) is 2.68. The predicted molar refractivity (Wildman–Crippen MR) is 106 cm³/mol. The maximum absolute atomic E-state index is 11.9. The monoisotopic (exact) mass is 353 g/mol. The molecule has 3 nitrogen and oxygen atoms in total. The van der Waals surface area contributed by atoms with Crippen molar-refractivity contribution in [1.29, 1.82) is 0 Å². The molecular weight excluding hydrogens is 322 g/mol. The maximum atomic E-state index is 11.9. The Hall–Kier alpha value is -1.84. The second-order valence-electron chi connectivity index (χ2n) is 7.55. The van der Waals surface area contributed by atoms with Crippen molar-refractivity contribution in [3.05, 3.63) is 65.7 Å². The van der Waals surface area contributed by atoms with E-state index in [1.165, 1.54) is 24.8 Å². The van der Waals surface area contributed by atoms with Crippen LogP contribution in [0.15, 0.2) is 54.6 Å². The van der Waals surface area contributed by atoms with Crippen molar-refractivity contribution >= 4 is 0 Å². The fourth-order valence-corrected chi connectivity index (χ4v) is 4.27. The molecule has 1 heterocycles. The van der Waals surface area contributed by atoms with Gasteiger partial charge in [-0.1, -0.05) is 62.2 Å². The van der Waals surface area contributed by atoms with Crippen LogP contribution in [0.5, 0.6) is 5.75 Å². The molecule has 0 amide bonds. The van der Waals surface area contributed by atoms with Crippen molar-refractivity contribution in [3.8, 4) is 5.75 Å². The molecule has 2 aromatic rings. The van der Waals surface area contributed by atoms with Gasteiger partial charge in [0.15, 0.2) is 0 Å². The summed E-state index contributed by atoms with van der Waals surface area (Å²) in [6, 6.07) is 17.5.